The van der Waals surface area contributed by atoms with Crippen LogP contribution in [0.5, 0.6) is 6.01 Å². The lowest BCUT2D eigenvalue weighted by Crippen LogP contribution is -2.38. The zero-order chi connectivity index (χ0) is 14.3. The van der Waals surface area contributed by atoms with Crippen LogP contribution in [0.15, 0.2) is 0 Å². The van der Waals surface area contributed by atoms with Crippen molar-refractivity contribution >= 4 is 11.9 Å². The van der Waals surface area contributed by atoms with Crippen molar-refractivity contribution in [2.24, 2.45) is 0 Å². The van der Waals surface area contributed by atoms with E-state index in [4.69, 9.17) is 4.74 Å². The van der Waals surface area contributed by atoms with Gasteiger partial charge in [-0.05, 0) is 27.2 Å². The largest absolute Gasteiger partial charge is 0.464 e. The van der Waals surface area contributed by atoms with Crippen LogP contribution in [0.2, 0.25) is 0 Å². The molecule has 1 rings (SSSR count). The zero-order valence-electron chi connectivity index (χ0n) is 12.0. The van der Waals surface area contributed by atoms with Crippen molar-refractivity contribution in [3.8, 4) is 6.01 Å². The fourth-order valence-corrected chi connectivity index (χ4v) is 1.35. The number of hydrogen-bond acceptors (Lipinski definition) is 7. The van der Waals surface area contributed by atoms with Crippen LogP contribution in [0.25, 0.3) is 0 Å². The van der Waals surface area contributed by atoms with Crippen LogP contribution < -0.4 is 15.4 Å². The Morgan fingerprint density at radius 1 is 1.16 bits per heavy atom. The quantitative estimate of drug-likeness (QED) is 0.654. The van der Waals surface area contributed by atoms with Gasteiger partial charge in [-0.1, -0.05) is 6.92 Å². The minimum atomic E-state index is -0.464. The summed E-state index contributed by atoms with van der Waals surface area (Å²) in [5.74, 6) is 0.854. The Labute approximate surface area is 113 Å². The van der Waals surface area contributed by atoms with Gasteiger partial charge >= 0.3 is 6.01 Å². The first-order chi connectivity index (χ1) is 9.06. The summed E-state index contributed by atoms with van der Waals surface area (Å²) in [6, 6.07) is 0.271. The van der Waals surface area contributed by atoms with Crippen LogP contribution in [0.3, 0.4) is 0 Å². The number of anilines is 2. The Kier molecular flexibility index (Phi) is 5.75. The summed E-state index contributed by atoms with van der Waals surface area (Å²) in [5, 5.41) is 15.6. The van der Waals surface area contributed by atoms with Gasteiger partial charge < -0.3 is 20.5 Å². The highest BCUT2D eigenvalue weighted by Crippen LogP contribution is 2.18. The van der Waals surface area contributed by atoms with E-state index in [1.807, 2.05) is 27.7 Å². The number of aliphatic hydroxyl groups excluding tert-OH is 1. The summed E-state index contributed by atoms with van der Waals surface area (Å²) in [6.45, 7) is 8.91. The molecule has 1 heterocycles. The van der Waals surface area contributed by atoms with Crippen LogP contribution in [0, 0.1) is 0 Å². The molecule has 0 aromatic carbocycles. The lowest BCUT2D eigenvalue weighted by molar-refractivity contribution is 0.218. The molecule has 0 fully saturated rings. The molecule has 3 N–H and O–H groups in total. The summed E-state index contributed by atoms with van der Waals surface area (Å²) in [4.78, 5) is 12.6. The standard InChI is InChI=1S/C12H23N5O2/c1-5-12(4,8-18)17-10-14-9(13-6-2)15-11(16-10)19-7-3/h18H,5-8H2,1-4H3,(H2,13,14,15,16,17). The molecular formula is C12H23N5O2. The van der Waals surface area contributed by atoms with Gasteiger partial charge in [-0.15, -0.1) is 0 Å². The minimum Gasteiger partial charge on any atom is -0.464 e. The van der Waals surface area contributed by atoms with E-state index < -0.39 is 5.54 Å². The van der Waals surface area contributed by atoms with Crippen molar-refractivity contribution in [1.29, 1.82) is 0 Å². The maximum atomic E-state index is 9.41. The van der Waals surface area contributed by atoms with Gasteiger partial charge in [0, 0.05) is 6.54 Å². The maximum Gasteiger partial charge on any atom is 0.323 e. The Balaban J connectivity index is 2.98. The van der Waals surface area contributed by atoms with Gasteiger partial charge in [-0.25, -0.2) is 0 Å². The highest BCUT2D eigenvalue weighted by atomic mass is 16.5. The van der Waals surface area contributed by atoms with Crippen LogP contribution in [-0.2, 0) is 0 Å². The number of hydrogen-bond donors (Lipinski definition) is 3. The molecule has 0 radical (unpaired) electrons. The molecule has 1 atom stereocenters. The second kappa shape index (κ2) is 7.08. The molecule has 1 unspecified atom stereocenters. The van der Waals surface area contributed by atoms with Gasteiger partial charge in [0.15, 0.2) is 0 Å². The van der Waals surface area contributed by atoms with Crippen LogP contribution in [0.4, 0.5) is 11.9 Å². The van der Waals surface area contributed by atoms with Gasteiger partial charge in [0.25, 0.3) is 0 Å². The molecule has 7 nitrogen and oxygen atoms in total. The SMILES string of the molecule is CCNc1nc(NC(C)(CC)CO)nc(OCC)n1. The van der Waals surface area contributed by atoms with Crippen molar-refractivity contribution < 1.29 is 9.84 Å². The van der Waals surface area contributed by atoms with Crippen molar-refractivity contribution in [3.05, 3.63) is 0 Å². The molecule has 0 saturated heterocycles. The molecule has 0 aliphatic carbocycles. The van der Waals surface area contributed by atoms with E-state index in [9.17, 15) is 5.11 Å². The molecule has 0 aliphatic heterocycles. The topological polar surface area (TPSA) is 92.2 Å². The zero-order valence-corrected chi connectivity index (χ0v) is 12.0. The van der Waals surface area contributed by atoms with Gasteiger partial charge in [-0.2, -0.15) is 15.0 Å². The molecule has 0 amide bonds. The number of ether oxygens (including phenoxy) is 1. The minimum absolute atomic E-state index is 0.00428. The van der Waals surface area contributed by atoms with E-state index in [1.54, 1.807) is 0 Å². The van der Waals surface area contributed by atoms with E-state index >= 15 is 0 Å². The van der Waals surface area contributed by atoms with Crippen molar-refractivity contribution in [1.82, 2.24) is 15.0 Å². The summed E-state index contributed by atoms with van der Waals surface area (Å²) in [6.07, 6.45) is 0.746. The lowest BCUT2D eigenvalue weighted by Gasteiger charge is -2.27. The molecule has 1 aromatic heterocycles. The van der Waals surface area contributed by atoms with E-state index in [2.05, 4.69) is 25.6 Å². The maximum absolute atomic E-state index is 9.41. The molecule has 19 heavy (non-hydrogen) atoms. The molecule has 7 heteroatoms. The fourth-order valence-electron chi connectivity index (χ4n) is 1.35. The summed E-state index contributed by atoms with van der Waals surface area (Å²) < 4.78 is 5.31. The average Bonchev–Trinajstić information content (AvgIpc) is 2.39. The third-order valence-corrected chi connectivity index (χ3v) is 2.77. The monoisotopic (exact) mass is 269 g/mol. The lowest BCUT2D eigenvalue weighted by atomic mass is 10.0. The van der Waals surface area contributed by atoms with E-state index in [0.717, 1.165) is 6.42 Å². The number of nitrogens with zero attached hydrogens (tertiary/aromatic N) is 3. The molecule has 108 valence electrons. The summed E-state index contributed by atoms with van der Waals surface area (Å²) in [5.41, 5.74) is -0.464. The van der Waals surface area contributed by atoms with E-state index in [-0.39, 0.29) is 12.6 Å². The van der Waals surface area contributed by atoms with Crippen molar-refractivity contribution in [3.63, 3.8) is 0 Å². The van der Waals surface area contributed by atoms with Crippen LogP contribution in [-0.4, -0.2) is 45.4 Å². The Morgan fingerprint density at radius 2 is 1.84 bits per heavy atom. The first-order valence-corrected chi connectivity index (χ1v) is 6.58. The normalized spacial score (nSPS) is 13.7. The fraction of sp³-hybridized carbons (Fsp3) is 0.750. The van der Waals surface area contributed by atoms with Gasteiger partial charge in [0.1, 0.15) is 0 Å². The highest BCUT2D eigenvalue weighted by molar-refractivity contribution is 5.37. The number of rotatable bonds is 8. The number of nitrogens with one attached hydrogen (secondary N) is 2. The second-order valence-electron chi connectivity index (χ2n) is 4.43. The molecule has 0 aliphatic rings. The van der Waals surface area contributed by atoms with E-state index in [0.29, 0.717) is 25.0 Å². The predicted molar refractivity (Wildman–Crippen MR) is 74.6 cm³/mol. The van der Waals surface area contributed by atoms with Crippen LogP contribution in [0.1, 0.15) is 34.1 Å². The summed E-state index contributed by atoms with van der Waals surface area (Å²) >= 11 is 0. The number of aromatic nitrogens is 3. The second-order valence-corrected chi connectivity index (χ2v) is 4.43. The Hall–Kier alpha value is -1.63. The molecule has 1 aromatic rings. The first-order valence-electron chi connectivity index (χ1n) is 6.58. The van der Waals surface area contributed by atoms with Crippen LogP contribution >= 0.6 is 0 Å². The van der Waals surface area contributed by atoms with Crippen molar-refractivity contribution in [2.45, 2.75) is 39.7 Å². The van der Waals surface area contributed by atoms with Gasteiger partial charge in [-0.3, -0.25) is 0 Å². The molecular weight excluding hydrogens is 246 g/mol. The highest BCUT2D eigenvalue weighted by Gasteiger charge is 2.22. The van der Waals surface area contributed by atoms with Gasteiger partial charge in [0.05, 0.1) is 18.8 Å². The third kappa shape index (κ3) is 4.51. The number of aliphatic hydroxyl groups is 1. The molecule has 0 spiro atoms. The predicted octanol–water partition coefficient (Wildman–Crippen LogP) is 1.27. The summed E-state index contributed by atoms with van der Waals surface area (Å²) in [7, 11) is 0. The molecule has 0 saturated carbocycles. The Morgan fingerprint density at radius 3 is 2.37 bits per heavy atom. The molecule has 0 bridgehead atoms. The first kappa shape index (κ1) is 15.4. The smallest absolute Gasteiger partial charge is 0.323 e. The Bertz CT molecular complexity index is 371. The van der Waals surface area contributed by atoms with Gasteiger partial charge in [0.2, 0.25) is 11.9 Å². The van der Waals surface area contributed by atoms with E-state index in [1.165, 1.54) is 0 Å². The van der Waals surface area contributed by atoms with Crippen molar-refractivity contribution in [2.75, 3.05) is 30.4 Å². The average molecular weight is 269 g/mol. The third-order valence-electron chi connectivity index (χ3n) is 2.77.